The van der Waals surface area contributed by atoms with Gasteiger partial charge >= 0.3 is 0 Å². The predicted octanol–water partition coefficient (Wildman–Crippen LogP) is 4.61. The Morgan fingerprint density at radius 1 is 0.975 bits per heavy atom. The van der Waals surface area contributed by atoms with Crippen LogP contribution >= 0.6 is 0 Å². The quantitative estimate of drug-likeness (QED) is 0.453. The van der Waals surface area contributed by atoms with E-state index in [4.69, 9.17) is 0 Å². The number of aromatic nitrogens is 1. The number of piperazine rings is 1. The third kappa shape index (κ3) is 4.32. The highest BCUT2D eigenvalue weighted by molar-refractivity contribution is 5.98. The molecular formula is C33H39N5O2. The van der Waals surface area contributed by atoms with Crippen LogP contribution in [0.1, 0.15) is 45.5 Å². The molecule has 1 aromatic heterocycles. The van der Waals surface area contributed by atoms with Crippen molar-refractivity contribution in [2.24, 2.45) is 5.41 Å². The molecule has 7 nitrogen and oxygen atoms in total. The molecule has 2 aromatic carbocycles. The number of carbonyl (C=O) groups excluding carboxylic acids is 1. The minimum atomic E-state index is -0.178. The molecule has 40 heavy (non-hydrogen) atoms. The zero-order chi connectivity index (χ0) is 27.6. The average molecular weight is 538 g/mol. The number of aliphatic hydroxyl groups excluding tert-OH is 1. The first-order valence-corrected chi connectivity index (χ1v) is 14.6. The summed E-state index contributed by atoms with van der Waals surface area (Å²) in [5.41, 5.74) is 10.9. The number of anilines is 2. The van der Waals surface area contributed by atoms with Gasteiger partial charge in [0.15, 0.2) is 0 Å². The fourth-order valence-corrected chi connectivity index (χ4v) is 7.31. The van der Waals surface area contributed by atoms with Crippen LogP contribution in [0, 0.1) is 19.3 Å². The SMILES string of the molecule is Cc1cc(C2=Cc3c(-c4ccc(C(=O)N5CC6(CC(O)C6)C5)cc4)c[nH]c3NC2)cc(C)c1N1CCN(C)CC1. The summed E-state index contributed by atoms with van der Waals surface area (Å²) < 4.78 is 0. The summed E-state index contributed by atoms with van der Waals surface area (Å²) in [7, 11) is 2.20. The number of hydrogen-bond donors (Lipinski definition) is 3. The van der Waals surface area contributed by atoms with Crippen molar-refractivity contribution in [2.45, 2.75) is 32.8 Å². The van der Waals surface area contributed by atoms with Crippen molar-refractivity contribution >= 4 is 29.1 Å². The van der Waals surface area contributed by atoms with E-state index in [0.717, 1.165) is 86.7 Å². The molecule has 3 fully saturated rings. The number of likely N-dealkylation sites (tertiary alicyclic amines) is 1. The normalized spacial score (nSPS) is 20.4. The van der Waals surface area contributed by atoms with E-state index in [1.807, 2.05) is 17.0 Å². The summed E-state index contributed by atoms with van der Waals surface area (Å²) in [5, 5.41) is 13.2. The Balaban J connectivity index is 1.10. The van der Waals surface area contributed by atoms with Crippen molar-refractivity contribution in [1.82, 2.24) is 14.8 Å². The zero-order valence-electron chi connectivity index (χ0n) is 23.8. The van der Waals surface area contributed by atoms with Crippen molar-refractivity contribution < 1.29 is 9.90 Å². The van der Waals surface area contributed by atoms with Gasteiger partial charge in [-0.05, 0) is 91.9 Å². The number of aromatic amines is 1. The van der Waals surface area contributed by atoms with E-state index in [0.29, 0.717) is 0 Å². The molecule has 3 aliphatic heterocycles. The third-order valence-corrected chi connectivity index (χ3v) is 9.50. The molecule has 3 aromatic rings. The molecule has 0 bridgehead atoms. The molecule has 2 saturated heterocycles. The highest BCUT2D eigenvalue weighted by atomic mass is 16.3. The Kier molecular flexibility index (Phi) is 6.06. The van der Waals surface area contributed by atoms with E-state index in [9.17, 15) is 9.90 Å². The molecule has 7 heteroatoms. The lowest BCUT2D eigenvalue weighted by atomic mass is 9.62. The van der Waals surface area contributed by atoms with Crippen molar-refractivity contribution in [3.63, 3.8) is 0 Å². The highest BCUT2D eigenvalue weighted by Crippen LogP contribution is 2.48. The number of hydrogen-bond acceptors (Lipinski definition) is 5. The van der Waals surface area contributed by atoms with Gasteiger partial charge in [0.1, 0.15) is 5.82 Å². The average Bonchev–Trinajstić information content (AvgIpc) is 3.33. The molecule has 1 saturated carbocycles. The standard InChI is InChI=1S/C33H39N5O2/c1-21-12-25(13-22(2)30(21)37-10-8-36(3)9-11-37)26-14-28-29(18-35-31(28)34-17-26)23-4-6-24(7-5-23)32(40)38-19-33(20-38)15-27(39)16-33/h4-7,12-14,18,27,34-35,39H,8-11,15-17,19-20H2,1-3H3. The van der Waals surface area contributed by atoms with E-state index >= 15 is 0 Å². The lowest BCUT2D eigenvalue weighted by Gasteiger charge is -2.57. The van der Waals surface area contributed by atoms with Gasteiger partial charge in [-0.15, -0.1) is 0 Å². The summed E-state index contributed by atoms with van der Waals surface area (Å²) >= 11 is 0. The monoisotopic (exact) mass is 537 g/mol. The van der Waals surface area contributed by atoms with Crippen LogP contribution in [0.2, 0.25) is 0 Å². The van der Waals surface area contributed by atoms with Crippen LogP contribution in [-0.2, 0) is 0 Å². The zero-order valence-corrected chi connectivity index (χ0v) is 23.8. The van der Waals surface area contributed by atoms with Crippen LogP contribution in [0.4, 0.5) is 11.5 Å². The topological polar surface area (TPSA) is 74.8 Å². The second-order valence-corrected chi connectivity index (χ2v) is 12.6. The molecule has 1 aliphatic carbocycles. The van der Waals surface area contributed by atoms with Crippen LogP contribution in [0.3, 0.4) is 0 Å². The molecule has 0 unspecified atom stereocenters. The number of amides is 1. The summed E-state index contributed by atoms with van der Waals surface area (Å²) in [6.45, 7) is 11.2. The Bertz CT molecular complexity index is 1460. The second-order valence-electron chi connectivity index (χ2n) is 12.6. The number of nitrogens with zero attached hydrogens (tertiary/aromatic N) is 3. The highest BCUT2D eigenvalue weighted by Gasteiger charge is 2.53. The molecule has 0 radical (unpaired) electrons. The smallest absolute Gasteiger partial charge is 0.253 e. The van der Waals surface area contributed by atoms with Gasteiger partial charge < -0.3 is 30.1 Å². The first kappa shape index (κ1) is 25.4. The first-order chi connectivity index (χ1) is 19.3. The predicted molar refractivity (Wildman–Crippen MR) is 162 cm³/mol. The number of nitrogens with one attached hydrogen (secondary N) is 2. The van der Waals surface area contributed by atoms with Crippen LogP contribution in [-0.4, -0.2) is 84.8 Å². The van der Waals surface area contributed by atoms with Crippen molar-refractivity contribution in [2.75, 3.05) is 63.1 Å². The molecule has 7 rings (SSSR count). The maximum atomic E-state index is 13.0. The summed E-state index contributed by atoms with van der Waals surface area (Å²) in [4.78, 5) is 23.3. The molecule has 3 N–H and O–H groups in total. The van der Waals surface area contributed by atoms with Gasteiger partial charge in [0.25, 0.3) is 5.91 Å². The maximum Gasteiger partial charge on any atom is 0.253 e. The second kappa shape index (κ2) is 9.53. The van der Waals surface area contributed by atoms with Crippen molar-refractivity contribution in [3.8, 4) is 11.1 Å². The molecule has 208 valence electrons. The molecule has 0 atom stereocenters. The lowest BCUT2D eigenvalue weighted by molar-refractivity contribution is -0.113. The van der Waals surface area contributed by atoms with Gasteiger partial charge in [-0.1, -0.05) is 12.1 Å². The van der Waals surface area contributed by atoms with Gasteiger partial charge in [0.05, 0.1) is 6.10 Å². The van der Waals surface area contributed by atoms with Crippen molar-refractivity contribution in [1.29, 1.82) is 0 Å². The van der Waals surface area contributed by atoms with E-state index in [1.54, 1.807) is 0 Å². The number of benzene rings is 2. The van der Waals surface area contributed by atoms with Gasteiger partial charge in [-0.3, -0.25) is 4.79 Å². The van der Waals surface area contributed by atoms with Crippen molar-refractivity contribution in [3.05, 3.63) is 70.4 Å². The van der Waals surface area contributed by atoms with E-state index in [-0.39, 0.29) is 17.4 Å². The molecule has 4 aliphatic rings. The fraction of sp³-hybridized carbons (Fsp3) is 0.424. The van der Waals surface area contributed by atoms with Crippen LogP contribution in [0.25, 0.3) is 22.8 Å². The van der Waals surface area contributed by atoms with Gasteiger partial charge in [-0.25, -0.2) is 0 Å². The molecule has 1 amide bonds. The Hall–Kier alpha value is -3.55. The fourth-order valence-electron chi connectivity index (χ4n) is 7.31. The van der Waals surface area contributed by atoms with Crippen LogP contribution in [0.15, 0.2) is 42.6 Å². The number of fused-ring (bicyclic) bond motifs is 1. The Labute approximate surface area is 236 Å². The number of H-pyrrole nitrogens is 1. The molecular weight excluding hydrogens is 498 g/mol. The van der Waals surface area contributed by atoms with E-state index in [2.05, 4.69) is 77.5 Å². The van der Waals surface area contributed by atoms with Gasteiger partial charge in [0, 0.05) is 79.8 Å². The van der Waals surface area contributed by atoms with Crippen LogP contribution < -0.4 is 10.2 Å². The first-order valence-electron chi connectivity index (χ1n) is 14.6. The number of aliphatic hydroxyl groups is 1. The van der Waals surface area contributed by atoms with E-state index in [1.165, 1.54) is 28.0 Å². The number of likely N-dealkylation sites (N-methyl/N-ethyl adjacent to an activating group) is 1. The largest absolute Gasteiger partial charge is 0.393 e. The minimum Gasteiger partial charge on any atom is -0.393 e. The number of rotatable bonds is 4. The van der Waals surface area contributed by atoms with E-state index < -0.39 is 0 Å². The van der Waals surface area contributed by atoms with Gasteiger partial charge in [0.2, 0.25) is 0 Å². The molecule has 1 spiro atoms. The number of aryl methyl sites for hydroxylation is 2. The maximum absolute atomic E-state index is 13.0. The Morgan fingerprint density at radius 3 is 2.30 bits per heavy atom. The molecule has 4 heterocycles. The number of carbonyl (C=O) groups is 1. The summed E-state index contributed by atoms with van der Waals surface area (Å²) in [5.74, 6) is 1.12. The Morgan fingerprint density at radius 2 is 1.65 bits per heavy atom. The lowest BCUT2D eigenvalue weighted by Crippen LogP contribution is -2.64. The van der Waals surface area contributed by atoms with Gasteiger partial charge in [-0.2, -0.15) is 0 Å². The van der Waals surface area contributed by atoms with Crippen LogP contribution in [0.5, 0.6) is 0 Å². The summed E-state index contributed by atoms with van der Waals surface area (Å²) in [6.07, 6.45) is 5.85. The third-order valence-electron chi connectivity index (χ3n) is 9.50. The summed E-state index contributed by atoms with van der Waals surface area (Å²) in [6, 6.07) is 12.7. The minimum absolute atomic E-state index is 0.0873.